The van der Waals surface area contributed by atoms with Crippen LogP contribution in [-0.2, 0) is 23.9 Å². The molecule has 0 unspecified atom stereocenters. The highest BCUT2D eigenvalue weighted by atomic mass is 16.6. The fourth-order valence-corrected chi connectivity index (χ4v) is 4.89. The minimum atomic E-state index is -1.30. The first-order chi connectivity index (χ1) is 14.5. The molecule has 3 rings (SSSR count). The number of aliphatic hydroxyl groups is 2. The second-order valence-electron chi connectivity index (χ2n) is 9.99. The molecule has 7 nitrogen and oxygen atoms in total. The number of hydrogen-bond acceptors (Lipinski definition) is 7. The van der Waals surface area contributed by atoms with E-state index in [1.54, 1.807) is 13.8 Å². The Morgan fingerprint density at radius 2 is 1.94 bits per heavy atom. The molecule has 2 N–H and O–H groups in total. The Bertz CT molecular complexity index is 781. The number of rotatable bonds is 6. The van der Waals surface area contributed by atoms with E-state index in [1.807, 2.05) is 0 Å². The highest BCUT2D eigenvalue weighted by Crippen LogP contribution is 2.45. The summed E-state index contributed by atoms with van der Waals surface area (Å²) >= 11 is 0. The van der Waals surface area contributed by atoms with Gasteiger partial charge in [0.05, 0.1) is 12.0 Å². The van der Waals surface area contributed by atoms with Crippen LogP contribution < -0.4 is 0 Å². The number of aliphatic hydroxyl groups excluding tert-OH is 2. The molecule has 0 saturated carbocycles. The second-order valence-corrected chi connectivity index (χ2v) is 9.99. The monoisotopic (exact) mass is 434 g/mol. The third-order valence-electron chi connectivity index (χ3n) is 6.89. The highest BCUT2D eigenvalue weighted by molar-refractivity contribution is 6.35. The summed E-state index contributed by atoms with van der Waals surface area (Å²) in [5, 5.41) is 19.4. The van der Waals surface area contributed by atoms with E-state index in [-0.39, 0.29) is 42.8 Å². The molecule has 0 amide bonds. The molecule has 3 aliphatic rings. The van der Waals surface area contributed by atoms with Crippen LogP contribution in [0.4, 0.5) is 0 Å². The quantitative estimate of drug-likeness (QED) is 0.488. The molecule has 7 heteroatoms. The zero-order valence-electron chi connectivity index (χ0n) is 18.7. The van der Waals surface area contributed by atoms with Crippen molar-refractivity contribution in [2.24, 2.45) is 29.1 Å². The van der Waals surface area contributed by atoms with Crippen molar-refractivity contribution in [3.05, 3.63) is 23.8 Å². The maximum Gasteiger partial charge on any atom is 0.377 e. The van der Waals surface area contributed by atoms with Crippen molar-refractivity contribution < 1.29 is 34.1 Å². The second kappa shape index (κ2) is 9.25. The Morgan fingerprint density at radius 3 is 2.58 bits per heavy atom. The summed E-state index contributed by atoms with van der Waals surface area (Å²) in [5.41, 5.74) is 0.187. The molecule has 0 spiro atoms. The number of fused-ring (bicyclic) bond motifs is 1. The molecule has 31 heavy (non-hydrogen) atoms. The summed E-state index contributed by atoms with van der Waals surface area (Å²) in [6, 6.07) is 0. The highest BCUT2D eigenvalue weighted by Gasteiger charge is 2.44. The number of cyclic esters (lactones) is 1. The summed E-state index contributed by atoms with van der Waals surface area (Å²) in [6.07, 6.45) is 6.47. The lowest BCUT2D eigenvalue weighted by molar-refractivity contribution is -0.171. The average Bonchev–Trinajstić information content (AvgIpc) is 2.71. The van der Waals surface area contributed by atoms with Crippen LogP contribution in [0.5, 0.6) is 0 Å². The first-order valence-corrected chi connectivity index (χ1v) is 11.2. The molecule has 1 saturated heterocycles. The third-order valence-corrected chi connectivity index (χ3v) is 6.89. The Morgan fingerprint density at radius 1 is 1.23 bits per heavy atom. The molecule has 1 fully saturated rings. The van der Waals surface area contributed by atoms with Gasteiger partial charge in [0.1, 0.15) is 18.3 Å². The minimum Gasteiger partial charge on any atom is -0.461 e. The molecule has 172 valence electrons. The van der Waals surface area contributed by atoms with Crippen molar-refractivity contribution in [2.45, 2.75) is 71.7 Å². The third kappa shape index (κ3) is 5.09. The summed E-state index contributed by atoms with van der Waals surface area (Å²) in [7, 11) is 0. The smallest absolute Gasteiger partial charge is 0.377 e. The summed E-state index contributed by atoms with van der Waals surface area (Å²) in [6.45, 7) is 7.28. The molecule has 0 aromatic rings. The number of carbonyl (C=O) groups is 3. The van der Waals surface area contributed by atoms with Crippen LogP contribution in [0.1, 0.15) is 53.4 Å². The number of esters is 2. The van der Waals surface area contributed by atoms with Crippen molar-refractivity contribution in [3.63, 3.8) is 0 Å². The van der Waals surface area contributed by atoms with Gasteiger partial charge in [0.15, 0.2) is 0 Å². The molecule has 0 bridgehead atoms. The summed E-state index contributed by atoms with van der Waals surface area (Å²) in [4.78, 5) is 35.9. The molecular weight excluding hydrogens is 400 g/mol. The Labute approximate surface area is 183 Å². The van der Waals surface area contributed by atoms with Gasteiger partial charge in [-0.1, -0.05) is 32.1 Å². The van der Waals surface area contributed by atoms with Crippen LogP contribution in [0.15, 0.2) is 23.8 Å². The fraction of sp³-hybridized carbons (Fsp3) is 0.708. The molecule has 2 aliphatic carbocycles. The molecule has 1 aliphatic heterocycles. The molecule has 0 aromatic heterocycles. The zero-order chi connectivity index (χ0) is 22.9. The first-order valence-electron chi connectivity index (χ1n) is 11.2. The van der Waals surface area contributed by atoms with Crippen molar-refractivity contribution in [1.82, 2.24) is 0 Å². The maximum absolute atomic E-state index is 12.7. The predicted molar refractivity (Wildman–Crippen MR) is 113 cm³/mol. The topological polar surface area (TPSA) is 110 Å². The molecule has 7 atom stereocenters. The SMILES string of the molecule is C[C@H]1C=C2C=C[C@H](C)[C@H](CC[C@@H]3C[C@@H](O)C(=O)C(=O)O3)[C@H]2[C@@H](OC(=O)C(C)(C)CO)C1. The molecule has 0 aromatic carbocycles. The fourth-order valence-electron chi connectivity index (χ4n) is 4.89. The van der Waals surface area contributed by atoms with Crippen LogP contribution in [0.2, 0.25) is 0 Å². The van der Waals surface area contributed by atoms with Gasteiger partial charge in [-0.3, -0.25) is 9.59 Å². The molecule has 1 heterocycles. The van der Waals surface area contributed by atoms with Crippen LogP contribution in [0, 0.1) is 29.1 Å². The number of ether oxygens (including phenoxy) is 2. The molecular formula is C24H34O7. The van der Waals surface area contributed by atoms with E-state index in [9.17, 15) is 24.6 Å². The lowest BCUT2D eigenvalue weighted by Crippen LogP contribution is -2.44. The van der Waals surface area contributed by atoms with Crippen LogP contribution in [0.25, 0.3) is 0 Å². The minimum absolute atomic E-state index is 0.0143. The number of Topliss-reactive ketones (excluding diaryl/α,β-unsaturated/α-hetero) is 1. The first kappa shape index (κ1) is 23.7. The summed E-state index contributed by atoms with van der Waals surface area (Å²) in [5.74, 6) is -1.58. The largest absolute Gasteiger partial charge is 0.461 e. The van der Waals surface area contributed by atoms with Crippen molar-refractivity contribution in [3.8, 4) is 0 Å². The number of hydrogen-bond donors (Lipinski definition) is 2. The maximum atomic E-state index is 12.7. The Kier molecular flexibility index (Phi) is 7.06. The number of ketones is 1. The standard InChI is InChI=1S/C24H34O7/c1-13-9-15-6-5-14(2)17(8-7-16-11-18(26)21(27)22(28)30-16)20(15)19(10-13)31-23(29)24(3,4)12-25/h5-6,9,13-14,16-20,25-26H,7-8,10-12H2,1-4H3/t13-,14-,16+,17-,18+,19-,20-/m0/s1. The van der Waals surface area contributed by atoms with Crippen molar-refractivity contribution in [2.75, 3.05) is 6.61 Å². The van der Waals surface area contributed by atoms with Gasteiger partial charge < -0.3 is 19.7 Å². The lowest BCUT2D eigenvalue weighted by Gasteiger charge is -2.44. The Balaban J connectivity index is 1.76. The van der Waals surface area contributed by atoms with E-state index in [1.165, 1.54) is 0 Å². The normalized spacial score (nSPS) is 35.8. The summed E-state index contributed by atoms with van der Waals surface area (Å²) < 4.78 is 11.2. The van der Waals surface area contributed by atoms with Gasteiger partial charge in [-0.25, -0.2) is 4.79 Å². The van der Waals surface area contributed by atoms with Gasteiger partial charge in [-0.15, -0.1) is 0 Å². The van der Waals surface area contributed by atoms with Crippen LogP contribution >= 0.6 is 0 Å². The number of allylic oxidation sites excluding steroid dienone is 3. The zero-order valence-corrected chi connectivity index (χ0v) is 18.7. The van der Waals surface area contributed by atoms with E-state index in [0.717, 1.165) is 5.57 Å². The van der Waals surface area contributed by atoms with E-state index in [0.29, 0.717) is 19.3 Å². The van der Waals surface area contributed by atoms with E-state index in [4.69, 9.17) is 9.47 Å². The Hall–Kier alpha value is -1.99. The van der Waals surface area contributed by atoms with E-state index >= 15 is 0 Å². The number of carbonyl (C=O) groups excluding carboxylic acids is 3. The molecule has 0 radical (unpaired) electrons. The van der Waals surface area contributed by atoms with Gasteiger partial charge in [0.2, 0.25) is 0 Å². The van der Waals surface area contributed by atoms with Gasteiger partial charge >= 0.3 is 11.9 Å². The van der Waals surface area contributed by atoms with E-state index < -0.39 is 35.3 Å². The van der Waals surface area contributed by atoms with Crippen molar-refractivity contribution >= 4 is 17.7 Å². The van der Waals surface area contributed by atoms with Gasteiger partial charge in [0, 0.05) is 12.3 Å². The van der Waals surface area contributed by atoms with E-state index in [2.05, 4.69) is 32.1 Å². The predicted octanol–water partition coefficient (Wildman–Crippen LogP) is 2.35. The van der Waals surface area contributed by atoms with Gasteiger partial charge in [0.25, 0.3) is 5.78 Å². The lowest BCUT2D eigenvalue weighted by atomic mass is 9.65. The van der Waals surface area contributed by atoms with Crippen LogP contribution in [-0.4, -0.2) is 52.9 Å². The van der Waals surface area contributed by atoms with Gasteiger partial charge in [-0.2, -0.15) is 0 Å². The average molecular weight is 435 g/mol. The van der Waals surface area contributed by atoms with Crippen LogP contribution in [0.3, 0.4) is 0 Å². The van der Waals surface area contributed by atoms with Gasteiger partial charge in [-0.05, 0) is 56.4 Å². The van der Waals surface area contributed by atoms with Crippen molar-refractivity contribution in [1.29, 1.82) is 0 Å².